The van der Waals surface area contributed by atoms with Gasteiger partial charge in [-0.2, -0.15) is 4.31 Å². The summed E-state index contributed by atoms with van der Waals surface area (Å²) in [6, 6.07) is 11.1. The molecule has 0 spiro atoms. The van der Waals surface area contributed by atoms with Crippen molar-refractivity contribution in [2.45, 2.75) is 49.1 Å². The lowest BCUT2D eigenvalue weighted by Crippen LogP contribution is -2.45. The van der Waals surface area contributed by atoms with Crippen LogP contribution in [0.4, 0.5) is 11.6 Å². The van der Waals surface area contributed by atoms with E-state index in [0.29, 0.717) is 28.6 Å². The number of hydrogen-bond acceptors (Lipinski definition) is 8. The summed E-state index contributed by atoms with van der Waals surface area (Å²) >= 11 is 12.5. The first kappa shape index (κ1) is 28.7. The Morgan fingerprint density at radius 2 is 1.69 bits per heavy atom. The lowest BCUT2D eigenvalue weighted by atomic mass is 9.91. The van der Waals surface area contributed by atoms with E-state index in [4.69, 9.17) is 23.2 Å². The predicted molar refractivity (Wildman–Crippen MR) is 156 cm³/mol. The second-order valence-electron chi connectivity index (χ2n) is 10.5. The van der Waals surface area contributed by atoms with E-state index in [0.717, 1.165) is 21.0 Å². The molecule has 2 atom stereocenters. The number of imidazole rings is 1. The van der Waals surface area contributed by atoms with Crippen LogP contribution in [0.5, 0.6) is 0 Å². The number of rotatable bonds is 7. The number of halogens is 2. The smallest absolute Gasteiger partial charge is 0.260 e. The topological polar surface area (TPSA) is 142 Å². The molecule has 218 valence electrons. The minimum atomic E-state index is -4.30. The summed E-state index contributed by atoms with van der Waals surface area (Å²) in [5, 5.41) is 20.2. The van der Waals surface area contributed by atoms with Crippen LogP contribution in [0.25, 0.3) is 11.1 Å². The van der Waals surface area contributed by atoms with E-state index in [9.17, 15) is 23.4 Å². The summed E-state index contributed by atoms with van der Waals surface area (Å²) in [6.07, 6.45) is 5.07. The molecule has 42 heavy (non-hydrogen) atoms. The SMILES string of the molecule is CC1(Cc2ccc(-c3cncnc3)cc2)C(=O)N(c2cc(Cl)cc(Cl)c2)c2ncc(S(=O)(=O)N3CCCC3C(O)O)n21. The van der Waals surface area contributed by atoms with Crippen LogP contribution >= 0.6 is 23.2 Å². The Labute approximate surface area is 252 Å². The van der Waals surface area contributed by atoms with Gasteiger partial charge in [0, 0.05) is 41.0 Å². The highest BCUT2D eigenvalue weighted by Crippen LogP contribution is 2.45. The Morgan fingerprint density at radius 3 is 2.33 bits per heavy atom. The molecule has 0 radical (unpaired) electrons. The summed E-state index contributed by atoms with van der Waals surface area (Å²) in [5.41, 5.74) is 1.37. The zero-order valence-corrected chi connectivity index (χ0v) is 24.6. The normalized spacial score (nSPS) is 21.0. The summed E-state index contributed by atoms with van der Waals surface area (Å²) in [4.78, 5) is 28.1. The number of aliphatic hydroxyl groups excluding tert-OH is 1. The van der Waals surface area contributed by atoms with E-state index in [1.54, 1.807) is 31.5 Å². The van der Waals surface area contributed by atoms with Crippen LogP contribution in [0.1, 0.15) is 25.3 Å². The maximum absolute atomic E-state index is 14.3. The minimum absolute atomic E-state index is 0.0813. The van der Waals surface area contributed by atoms with Crippen molar-refractivity contribution in [3.8, 4) is 11.1 Å². The molecule has 2 aromatic carbocycles. The van der Waals surface area contributed by atoms with Gasteiger partial charge in [-0.3, -0.25) is 9.36 Å². The van der Waals surface area contributed by atoms with Gasteiger partial charge in [0.05, 0.1) is 17.9 Å². The second-order valence-corrected chi connectivity index (χ2v) is 13.2. The molecule has 1 amide bonds. The van der Waals surface area contributed by atoms with Crippen molar-refractivity contribution in [2.24, 2.45) is 0 Å². The quantitative estimate of drug-likeness (QED) is 0.295. The number of sulfonamides is 1. The van der Waals surface area contributed by atoms with Crippen molar-refractivity contribution in [1.82, 2.24) is 23.8 Å². The van der Waals surface area contributed by atoms with E-state index in [1.165, 1.54) is 28.1 Å². The average molecular weight is 630 g/mol. The first-order chi connectivity index (χ1) is 20.0. The summed E-state index contributed by atoms with van der Waals surface area (Å²) in [7, 11) is -4.30. The molecule has 2 N–H and O–H groups in total. The lowest BCUT2D eigenvalue weighted by molar-refractivity contribution is -0.124. The number of aliphatic hydroxyl groups is 2. The van der Waals surface area contributed by atoms with Crippen molar-refractivity contribution < 1.29 is 23.4 Å². The van der Waals surface area contributed by atoms with Crippen molar-refractivity contribution in [3.05, 3.63) is 83.0 Å². The molecule has 2 aliphatic rings. The molecular weight excluding hydrogens is 603 g/mol. The zero-order chi connectivity index (χ0) is 29.8. The fraction of sp³-hybridized carbons (Fsp3) is 0.286. The van der Waals surface area contributed by atoms with Crippen LogP contribution in [0, 0.1) is 0 Å². The molecular formula is C28H26Cl2N6O5S. The first-order valence-corrected chi connectivity index (χ1v) is 15.3. The number of amides is 1. The third kappa shape index (κ3) is 4.77. The molecule has 0 saturated carbocycles. The van der Waals surface area contributed by atoms with Crippen LogP contribution in [0.2, 0.25) is 10.0 Å². The number of carbonyl (C=O) groups excluding carboxylic acids is 1. The first-order valence-electron chi connectivity index (χ1n) is 13.1. The highest BCUT2D eigenvalue weighted by molar-refractivity contribution is 7.89. The predicted octanol–water partition coefficient (Wildman–Crippen LogP) is 3.75. The summed E-state index contributed by atoms with van der Waals surface area (Å²) in [5.74, 6) is -0.348. The van der Waals surface area contributed by atoms with Crippen LogP contribution in [-0.4, -0.2) is 67.2 Å². The molecule has 6 rings (SSSR count). The molecule has 14 heteroatoms. The molecule has 1 fully saturated rings. The number of anilines is 2. The average Bonchev–Trinajstić information content (AvgIpc) is 3.67. The van der Waals surface area contributed by atoms with Crippen LogP contribution < -0.4 is 4.90 Å². The Balaban J connectivity index is 1.47. The number of aromatic nitrogens is 4. The van der Waals surface area contributed by atoms with Crippen molar-refractivity contribution in [3.63, 3.8) is 0 Å². The number of hydrogen-bond donors (Lipinski definition) is 2. The van der Waals surface area contributed by atoms with Crippen LogP contribution in [0.15, 0.2) is 72.4 Å². The summed E-state index contributed by atoms with van der Waals surface area (Å²) < 4.78 is 30.5. The molecule has 0 bridgehead atoms. The zero-order valence-electron chi connectivity index (χ0n) is 22.3. The van der Waals surface area contributed by atoms with Gasteiger partial charge in [0.25, 0.3) is 15.9 Å². The van der Waals surface area contributed by atoms with Gasteiger partial charge < -0.3 is 10.2 Å². The number of fused-ring (bicyclic) bond motifs is 1. The molecule has 0 aliphatic carbocycles. The molecule has 4 heterocycles. The van der Waals surface area contributed by atoms with Gasteiger partial charge >= 0.3 is 0 Å². The minimum Gasteiger partial charge on any atom is -0.367 e. The third-order valence-electron chi connectivity index (χ3n) is 7.74. The van der Waals surface area contributed by atoms with Gasteiger partial charge in [0.15, 0.2) is 11.3 Å². The van der Waals surface area contributed by atoms with Crippen molar-refractivity contribution in [1.29, 1.82) is 0 Å². The van der Waals surface area contributed by atoms with E-state index < -0.39 is 33.8 Å². The molecule has 11 nitrogen and oxygen atoms in total. The van der Waals surface area contributed by atoms with Gasteiger partial charge in [-0.25, -0.2) is 28.3 Å². The molecule has 2 aliphatic heterocycles. The number of benzene rings is 2. The van der Waals surface area contributed by atoms with E-state index in [2.05, 4.69) is 15.0 Å². The van der Waals surface area contributed by atoms with E-state index in [-0.39, 0.29) is 23.9 Å². The summed E-state index contributed by atoms with van der Waals surface area (Å²) in [6.45, 7) is 1.76. The van der Waals surface area contributed by atoms with Crippen molar-refractivity contribution >= 4 is 50.8 Å². The van der Waals surface area contributed by atoms with Crippen LogP contribution in [-0.2, 0) is 26.8 Å². The standard InChI is InChI=1S/C28H26Cl2N6O5S/c1-28(12-17-4-6-18(7-5-17)19-13-31-16-32-14-19)26(39)35(22-10-20(29)9-21(30)11-22)27-33-15-24(36(27)28)42(40,41)34-8-2-3-23(34)25(37)38/h4-7,9-11,13-16,23,25,37-38H,2-3,8,12H2,1H3. The Morgan fingerprint density at radius 1 is 1.02 bits per heavy atom. The van der Waals surface area contributed by atoms with Gasteiger partial charge in [0.2, 0.25) is 5.95 Å². The fourth-order valence-electron chi connectivity index (χ4n) is 5.76. The molecule has 2 unspecified atom stereocenters. The van der Waals surface area contributed by atoms with Gasteiger partial charge in [0.1, 0.15) is 11.9 Å². The third-order valence-corrected chi connectivity index (χ3v) is 10.1. The number of nitrogens with zero attached hydrogens (tertiary/aromatic N) is 6. The Kier molecular flexibility index (Phi) is 7.32. The van der Waals surface area contributed by atoms with Gasteiger partial charge in [-0.15, -0.1) is 0 Å². The highest BCUT2D eigenvalue weighted by atomic mass is 35.5. The van der Waals surface area contributed by atoms with E-state index >= 15 is 0 Å². The van der Waals surface area contributed by atoms with Gasteiger partial charge in [-0.1, -0.05) is 47.5 Å². The maximum atomic E-state index is 14.3. The van der Waals surface area contributed by atoms with Gasteiger partial charge in [-0.05, 0) is 49.1 Å². The molecule has 1 saturated heterocycles. The Hall–Kier alpha value is -3.39. The fourth-order valence-corrected chi connectivity index (χ4v) is 8.15. The number of carbonyl (C=O) groups is 1. The Bertz CT molecular complexity index is 1750. The largest absolute Gasteiger partial charge is 0.367 e. The monoisotopic (exact) mass is 628 g/mol. The van der Waals surface area contributed by atoms with Crippen molar-refractivity contribution in [2.75, 3.05) is 11.4 Å². The molecule has 4 aromatic rings. The second kappa shape index (κ2) is 10.7. The van der Waals surface area contributed by atoms with E-state index in [1.807, 2.05) is 24.3 Å². The maximum Gasteiger partial charge on any atom is 0.260 e. The van der Waals surface area contributed by atoms with Crippen LogP contribution in [0.3, 0.4) is 0 Å². The molecule has 2 aromatic heterocycles. The lowest BCUT2D eigenvalue weighted by Gasteiger charge is -2.29. The highest BCUT2D eigenvalue weighted by Gasteiger charge is 2.53.